The Morgan fingerprint density at radius 3 is 2.79 bits per heavy atom. The Labute approximate surface area is 141 Å². The highest BCUT2D eigenvalue weighted by Gasteiger charge is 2.39. The van der Waals surface area contributed by atoms with Crippen LogP contribution < -0.4 is 10.2 Å². The van der Waals surface area contributed by atoms with Gasteiger partial charge < -0.3 is 5.32 Å². The molecule has 1 atom stereocenters. The molecule has 124 valence electrons. The fourth-order valence-corrected chi connectivity index (χ4v) is 3.08. The molecule has 0 bridgehead atoms. The number of aryl methyl sites for hydroxylation is 1. The minimum absolute atomic E-state index is 0.0604. The number of hydrogen-bond donors (Lipinski definition) is 1. The number of amides is 2. The van der Waals surface area contributed by atoms with Crippen molar-refractivity contribution in [3.05, 3.63) is 59.4 Å². The summed E-state index contributed by atoms with van der Waals surface area (Å²) in [6.45, 7) is 5.82. The van der Waals surface area contributed by atoms with E-state index in [1.807, 2.05) is 45.0 Å². The molecule has 1 aliphatic rings. The molecule has 5 heteroatoms. The molecule has 1 aromatic carbocycles. The fraction of sp³-hybridized carbons (Fsp3) is 0.316. The molecule has 2 aromatic rings. The summed E-state index contributed by atoms with van der Waals surface area (Å²) in [6.07, 6.45) is 1.86. The first-order chi connectivity index (χ1) is 11.5. The molecule has 0 aliphatic carbocycles. The van der Waals surface area contributed by atoms with Gasteiger partial charge in [0.2, 0.25) is 5.91 Å². The predicted molar refractivity (Wildman–Crippen MR) is 92.9 cm³/mol. The van der Waals surface area contributed by atoms with E-state index >= 15 is 0 Å². The SMILES string of the molecule is Cc1cccc(N2C(=O)c3cccnc3[C@@H]2CC(=O)NC(C)C)c1. The Morgan fingerprint density at radius 2 is 2.08 bits per heavy atom. The number of nitrogens with one attached hydrogen (secondary N) is 1. The Balaban J connectivity index is 2.00. The highest BCUT2D eigenvalue weighted by molar-refractivity contribution is 6.11. The van der Waals surface area contributed by atoms with Crippen LogP contribution in [-0.2, 0) is 4.79 Å². The summed E-state index contributed by atoms with van der Waals surface area (Å²) < 4.78 is 0. The van der Waals surface area contributed by atoms with E-state index in [1.54, 1.807) is 23.2 Å². The topological polar surface area (TPSA) is 62.3 Å². The maximum absolute atomic E-state index is 12.9. The molecule has 5 nitrogen and oxygen atoms in total. The zero-order valence-corrected chi connectivity index (χ0v) is 14.1. The van der Waals surface area contributed by atoms with Gasteiger partial charge >= 0.3 is 0 Å². The molecule has 24 heavy (non-hydrogen) atoms. The number of rotatable bonds is 4. The first kappa shape index (κ1) is 16.2. The second-order valence-corrected chi connectivity index (χ2v) is 6.39. The van der Waals surface area contributed by atoms with Gasteiger partial charge in [0.1, 0.15) is 0 Å². The average molecular weight is 323 g/mol. The molecule has 0 saturated heterocycles. The van der Waals surface area contributed by atoms with Gasteiger partial charge in [-0.1, -0.05) is 12.1 Å². The van der Waals surface area contributed by atoms with Gasteiger partial charge in [-0.3, -0.25) is 19.5 Å². The van der Waals surface area contributed by atoms with E-state index in [1.165, 1.54) is 0 Å². The summed E-state index contributed by atoms with van der Waals surface area (Å²) in [6, 6.07) is 11.0. The summed E-state index contributed by atoms with van der Waals surface area (Å²) >= 11 is 0. The summed E-state index contributed by atoms with van der Waals surface area (Å²) in [7, 11) is 0. The molecule has 0 spiro atoms. The predicted octanol–water partition coefficient (Wildman–Crippen LogP) is 3.01. The van der Waals surface area contributed by atoms with Crippen LogP contribution in [0, 0.1) is 6.92 Å². The maximum Gasteiger partial charge on any atom is 0.260 e. The number of pyridine rings is 1. The quantitative estimate of drug-likeness (QED) is 0.941. The molecule has 1 aliphatic heterocycles. The lowest BCUT2D eigenvalue weighted by Gasteiger charge is -2.25. The van der Waals surface area contributed by atoms with Gasteiger partial charge in [0.05, 0.1) is 23.7 Å². The third kappa shape index (κ3) is 3.02. The van der Waals surface area contributed by atoms with Gasteiger partial charge in [0, 0.05) is 17.9 Å². The smallest absolute Gasteiger partial charge is 0.260 e. The van der Waals surface area contributed by atoms with Crippen LogP contribution >= 0.6 is 0 Å². The zero-order chi connectivity index (χ0) is 17.3. The lowest BCUT2D eigenvalue weighted by molar-refractivity contribution is -0.121. The molecular formula is C19H21N3O2. The first-order valence-corrected chi connectivity index (χ1v) is 8.12. The number of carbonyl (C=O) groups is 2. The van der Waals surface area contributed by atoms with Crippen LogP contribution in [0.1, 0.15) is 47.9 Å². The lowest BCUT2D eigenvalue weighted by Crippen LogP contribution is -2.35. The van der Waals surface area contributed by atoms with E-state index in [-0.39, 0.29) is 30.3 Å². The van der Waals surface area contributed by atoms with E-state index in [0.29, 0.717) is 11.3 Å². The van der Waals surface area contributed by atoms with Crippen LogP contribution in [0.5, 0.6) is 0 Å². The first-order valence-electron chi connectivity index (χ1n) is 8.12. The van der Waals surface area contributed by atoms with Crippen molar-refractivity contribution in [1.82, 2.24) is 10.3 Å². The van der Waals surface area contributed by atoms with E-state index in [0.717, 1.165) is 11.3 Å². The Bertz CT molecular complexity index is 786. The number of fused-ring (bicyclic) bond motifs is 1. The summed E-state index contributed by atoms with van der Waals surface area (Å²) in [5.74, 6) is -0.190. The highest BCUT2D eigenvalue weighted by Crippen LogP contribution is 2.38. The molecule has 1 N–H and O–H groups in total. The van der Waals surface area contributed by atoms with Crippen molar-refractivity contribution in [2.45, 2.75) is 39.3 Å². The van der Waals surface area contributed by atoms with Crippen molar-refractivity contribution < 1.29 is 9.59 Å². The number of aromatic nitrogens is 1. The van der Waals surface area contributed by atoms with Gasteiger partial charge in [0.15, 0.2) is 0 Å². The van der Waals surface area contributed by atoms with Crippen molar-refractivity contribution in [2.24, 2.45) is 0 Å². The second kappa shape index (κ2) is 6.43. The van der Waals surface area contributed by atoms with Crippen molar-refractivity contribution in [3.8, 4) is 0 Å². The molecular weight excluding hydrogens is 302 g/mol. The number of anilines is 1. The third-order valence-electron chi connectivity index (χ3n) is 4.02. The number of hydrogen-bond acceptors (Lipinski definition) is 3. The Kier molecular flexibility index (Phi) is 4.34. The van der Waals surface area contributed by atoms with Crippen LogP contribution in [0.2, 0.25) is 0 Å². The van der Waals surface area contributed by atoms with Crippen LogP contribution in [0.15, 0.2) is 42.6 Å². The molecule has 0 saturated carbocycles. The summed E-state index contributed by atoms with van der Waals surface area (Å²) in [5.41, 5.74) is 3.10. The van der Waals surface area contributed by atoms with Crippen LogP contribution in [0.25, 0.3) is 0 Å². The molecule has 0 fully saturated rings. The van der Waals surface area contributed by atoms with Gasteiger partial charge in [-0.05, 0) is 50.6 Å². The van der Waals surface area contributed by atoms with E-state index < -0.39 is 0 Å². The molecule has 2 amide bonds. The molecule has 0 radical (unpaired) electrons. The number of nitrogens with zero attached hydrogens (tertiary/aromatic N) is 2. The van der Waals surface area contributed by atoms with Crippen molar-refractivity contribution in [3.63, 3.8) is 0 Å². The van der Waals surface area contributed by atoms with E-state index in [9.17, 15) is 9.59 Å². The monoisotopic (exact) mass is 323 g/mol. The van der Waals surface area contributed by atoms with Crippen molar-refractivity contribution >= 4 is 17.5 Å². The largest absolute Gasteiger partial charge is 0.354 e. The van der Waals surface area contributed by atoms with Gasteiger partial charge in [-0.25, -0.2) is 0 Å². The Hall–Kier alpha value is -2.69. The summed E-state index contributed by atoms with van der Waals surface area (Å²) in [4.78, 5) is 31.2. The standard InChI is InChI=1S/C19H21N3O2/c1-12(2)21-17(23)11-16-18-15(8-5-9-20-18)19(24)22(16)14-7-4-6-13(3)10-14/h4-10,12,16H,11H2,1-3H3,(H,21,23)/t16-/m0/s1. The van der Waals surface area contributed by atoms with Crippen LogP contribution in [0.3, 0.4) is 0 Å². The number of benzene rings is 1. The maximum atomic E-state index is 12.9. The molecule has 3 rings (SSSR count). The minimum atomic E-state index is -0.380. The summed E-state index contributed by atoms with van der Waals surface area (Å²) in [5, 5.41) is 2.89. The van der Waals surface area contributed by atoms with E-state index in [2.05, 4.69) is 10.3 Å². The zero-order valence-electron chi connectivity index (χ0n) is 14.1. The third-order valence-corrected chi connectivity index (χ3v) is 4.02. The van der Waals surface area contributed by atoms with Gasteiger partial charge in [-0.15, -0.1) is 0 Å². The van der Waals surface area contributed by atoms with Crippen molar-refractivity contribution in [1.29, 1.82) is 0 Å². The molecule has 1 aromatic heterocycles. The van der Waals surface area contributed by atoms with Crippen LogP contribution in [-0.4, -0.2) is 22.8 Å². The number of carbonyl (C=O) groups excluding carboxylic acids is 2. The van der Waals surface area contributed by atoms with Crippen molar-refractivity contribution in [2.75, 3.05) is 4.90 Å². The highest BCUT2D eigenvalue weighted by atomic mass is 16.2. The minimum Gasteiger partial charge on any atom is -0.354 e. The average Bonchev–Trinajstić information content (AvgIpc) is 2.79. The molecule has 2 heterocycles. The van der Waals surface area contributed by atoms with Gasteiger partial charge in [0.25, 0.3) is 5.91 Å². The fourth-order valence-electron chi connectivity index (χ4n) is 3.08. The second-order valence-electron chi connectivity index (χ2n) is 6.39. The normalized spacial score (nSPS) is 16.4. The Morgan fingerprint density at radius 1 is 1.29 bits per heavy atom. The van der Waals surface area contributed by atoms with Crippen LogP contribution in [0.4, 0.5) is 5.69 Å². The van der Waals surface area contributed by atoms with Gasteiger partial charge in [-0.2, -0.15) is 0 Å². The lowest BCUT2D eigenvalue weighted by atomic mass is 10.1. The van der Waals surface area contributed by atoms with E-state index in [4.69, 9.17) is 0 Å². The molecule has 0 unspecified atom stereocenters.